The number of nitrogens with one attached hydrogen (secondary N) is 2. The van der Waals surface area contributed by atoms with Crippen LogP contribution in [0.4, 0.5) is 5.69 Å². The Morgan fingerprint density at radius 3 is 2.50 bits per heavy atom. The fourth-order valence-electron chi connectivity index (χ4n) is 1.48. The largest absolute Gasteiger partial charge is 0.385 e. The zero-order valence-electron chi connectivity index (χ0n) is 10.8. The Labute approximate surface area is 108 Å². The highest BCUT2D eigenvalue weighted by atomic mass is 32.2. The monoisotopic (exact) mass is 270 g/mol. The van der Waals surface area contributed by atoms with Gasteiger partial charge < -0.3 is 5.32 Å². The number of rotatable bonds is 5. The molecule has 0 heterocycles. The van der Waals surface area contributed by atoms with Crippen molar-refractivity contribution in [2.45, 2.75) is 32.1 Å². The molecule has 0 aromatic heterocycles. The van der Waals surface area contributed by atoms with Crippen molar-refractivity contribution in [1.82, 2.24) is 4.72 Å². The van der Waals surface area contributed by atoms with E-state index in [2.05, 4.69) is 5.32 Å². The van der Waals surface area contributed by atoms with E-state index in [1.807, 2.05) is 11.6 Å². The van der Waals surface area contributed by atoms with Crippen molar-refractivity contribution in [3.05, 3.63) is 23.8 Å². The maximum atomic E-state index is 12.0. The summed E-state index contributed by atoms with van der Waals surface area (Å²) in [6.45, 7) is 5.92. The normalized spacial score (nSPS) is 11.1. The zero-order chi connectivity index (χ0) is 13.8. The molecule has 0 fully saturated rings. The summed E-state index contributed by atoms with van der Waals surface area (Å²) in [4.78, 5) is 11.3. The van der Waals surface area contributed by atoms with Crippen LogP contribution in [0, 0.1) is 6.92 Å². The highest BCUT2D eigenvalue weighted by molar-refractivity contribution is 7.90. The number of sulfonamides is 1. The van der Waals surface area contributed by atoms with E-state index >= 15 is 0 Å². The molecule has 1 aromatic rings. The summed E-state index contributed by atoms with van der Waals surface area (Å²) < 4.78 is 26.1. The van der Waals surface area contributed by atoms with E-state index < -0.39 is 15.9 Å². The molecule has 1 rings (SSSR count). The first-order valence-corrected chi connectivity index (χ1v) is 7.29. The maximum absolute atomic E-state index is 12.0. The Balaban J connectivity index is 3.14. The summed E-state index contributed by atoms with van der Waals surface area (Å²) in [6.07, 6.45) is 0.130. The fourth-order valence-corrected chi connectivity index (χ4v) is 2.81. The number of amides is 1. The Bertz CT molecular complexity index is 538. The van der Waals surface area contributed by atoms with E-state index in [9.17, 15) is 13.2 Å². The van der Waals surface area contributed by atoms with Crippen LogP contribution in [0.1, 0.15) is 25.8 Å². The van der Waals surface area contributed by atoms with Gasteiger partial charge in [0.15, 0.2) is 0 Å². The van der Waals surface area contributed by atoms with Crippen molar-refractivity contribution in [3.8, 4) is 0 Å². The third-order valence-corrected chi connectivity index (χ3v) is 3.94. The van der Waals surface area contributed by atoms with Crippen LogP contribution in [0.25, 0.3) is 0 Å². The lowest BCUT2D eigenvalue weighted by Gasteiger charge is -2.11. The highest BCUT2D eigenvalue weighted by Gasteiger charge is 2.19. The van der Waals surface area contributed by atoms with Gasteiger partial charge in [-0.15, -0.1) is 0 Å². The first kappa shape index (κ1) is 14.5. The minimum Gasteiger partial charge on any atom is -0.385 e. The molecule has 0 bridgehead atoms. The van der Waals surface area contributed by atoms with Crippen LogP contribution in [0.15, 0.2) is 23.1 Å². The molecule has 0 radical (unpaired) electrons. The first-order chi connectivity index (χ1) is 8.40. The van der Waals surface area contributed by atoms with Gasteiger partial charge in [-0.05, 0) is 31.5 Å². The van der Waals surface area contributed by atoms with Gasteiger partial charge in [-0.25, -0.2) is 13.1 Å². The quantitative estimate of drug-likeness (QED) is 0.853. The molecule has 0 spiro atoms. The molecule has 1 aromatic carbocycles. The van der Waals surface area contributed by atoms with Crippen molar-refractivity contribution in [2.75, 3.05) is 11.9 Å². The predicted octanol–water partition coefficient (Wildman–Crippen LogP) is 1.64. The average Bonchev–Trinajstić information content (AvgIpc) is 2.31. The average molecular weight is 270 g/mol. The predicted molar refractivity (Wildman–Crippen MR) is 71.0 cm³/mol. The Morgan fingerprint density at radius 1 is 1.28 bits per heavy atom. The highest BCUT2D eigenvalue weighted by Crippen LogP contribution is 2.20. The molecule has 5 nitrogen and oxygen atoms in total. The zero-order valence-corrected chi connectivity index (χ0v) is 11.6. The number of benzene rings is 1. The molecule has 18 heavy (non-hydrogen) atoms. The molecule has 0 aliphatic heterocycles. The van der Waals surface area contributed by atoms with Gasteiger partial charge in [0.1, 0.15) is 0 Å². The standard InChI is InChI=1S/C12H18N2O3S/c1-4-12(15)14-18(16,17)11-8-10(13-5-2)7-6-9(11)3/h6-8,13H,4-5H2,1-3H3,(H,14,15). The lowest BCUT2D eigenvalue weighted by Crippen LogP contribution is -2.30. The molecule has 0 aliphatic carbocycles. The topological polar surface area (TPSA) is 75.3 Å². The fraction of sp³-hybridized carbons (Fsp3) is 0.417. The van der Waals surface area contributed by atoms with Crippen LogP contribution in [-0.2, 0) is 14.8 Å². The lowest BCUT2D eigenvalue weighted by molar-refractivity contribution is -0.119. The molecule has 0 atom stereocenters. The minimum absolute atomic E-state index is 0.128. The van der Waals surface area contributed by atoms with Gasteiger partial charge >= 0.3 is 0 Å². The van der Waals surface area contributed by atoms with Crippen molar-refractivity contribution in [3.63, 3.8) is 0 Å². The Kier molecular flexibility index (Phi) is 4.72. The van der Waals surface area contributed by atoms with Crippen molar-refractivity contribution in [2.24, 2.45) is 0 Å². The third kappa shape index (κ3) is 3.46. The van der Waals surface area contributed by atoms with Gasteiger partial charge in [0.25, 0.3) is 10.0 Å². The van der Waals surface area contributed by atoms with Gasteiger partial charge in [-0.2, -0.15) is 0 Å². The molecular formula is C12H18N2O3S. The van der Waals surface area contributed by atoms with Crippen molar-refractivity contribution >= 4 is 21.6 Å². The van der Waals surface area contributed by atoms with Crippen molar-refractivity contribution in [1.29, 1.82) is 0 Å². The number of carbonyl (C=O) groups is 1. The van der Waals surface area contributed by atoms with Gasteiger partial charge in [0.05, 0.1) is 4.90 Å². The second-order valence-corrected chi connectivity index (χ2v) is 5.54. The van der Waals surface area contributed by atoms with Crippen LogP contribution in [-0.4, -0.2) is 20.9 Å². The molecular weight excluding hydrogens is 252 g/mol. The van der Waals surface area contributed by atoms with Crippen LogP contribution in [0.3, 0.4) is 0 Å². The molecule has 0 aliphatic rings. The van der Waals surface area contributed by atoms with Gasteiger partial charge in [-0.1, -0.05) is 13.0 Å². The van der Waals surface area contributed by atoms with E-state index in [1.165, 1.54) is 6.07 Å². The van der Waals surface area contributed by atoms with E-state index in [0.29, 0.717) is 17.8 Å². The number of anilines is 1. The summed E-state index contributed by atoms with van der Waals surface area (Å²) in [5.41, 5.74) is 1.32. The number of aryl methyl sites for hydroxylation is 1. The number of carbonyl (C=O) groups excluding carboxylic acids is 1. The number of hydrogen-bond donors (Lipinski definition) is 2. The van der Waals surface area contributed by atoms with E-state index in [1.54, 1.807) is 26.0 Å². The van der Waals surface area contributed by atoms with Crippen LogP contribution >= 0.6 is 0 Å². The molecule has 1 amide bonds. The molecule has 2 N–H and O–H groups in total. The van der Waals surface area contributed by atoms with Gasteiger partial charge in [0, 0.05) is 18.7 Å². The third-order valence-electron chi connectivity index (χ3n) is 2.43. The summed E-state index contributed by atoms with van der Waals surface area (Å²) >= 11 is 0. The molecule has 0 saturated carbocycles. The van der Waals surface area contributed by atoms with Crippen LogP contribution in [0.2, 0.25) is 0 Å². The SMILES string of the molecule is CCNc1ccc(C)c(S(=O)(=O)NC(=O)CC)c1. The van der Waals surface area contributed by atoms with E-state index in [0.717, 1.165) is 0 Å². The summed E-state index contributed by atoms with van der Waals surface area (Å²) in [7, 11) is -3.78. The Morgan fingerprint density at radius 2 is 1.94 bits per heavy atom. The maximum Gasteiger partial charge on any atom is 0.264 e. The second kappa shape index (κ2) is 5.86. The molecule has 6 heteroatoms. The van der Waals surface area contributed by atoms with Gasteiger partial charge in [-0.3, -0.25) is 4.79 Å². The summed E-state index contributed by atoms with van der Waals surface area (Å²) in [6, 6.07) is 5.05. The molecule has 0 saturated heterocycles. The minimum atomic E-state index is -3.78. The molecule has 0 unspecified atom stereocenters. The van der Waals surface area contributed by atoms with Crippen LogP contribution in [0.5, 0.6) is 0 Å². The van der Waals surface area contributed by atoms with Crippen molar-refractivity contribution < 1.29 is 13.2 Å². The summed E-state index contributed by atoms with van der Waals surface area (Å²) in [5, 5.41) is 3.04. The van der Waals surface area contributed by atoms with Gasteiger partial charge in [0.2, 0.25) is 5.91 Å². The van der Waals surface area contributed by atoms with E-state index in [-0.39, 0.29) is 11.3 Å². The number of hydrogen-bond acceptors (Lipinski definition) is 4. The second-order valence-electron chi connectivity index (χ2n) is 3.89. The molecule has 100 valence electrons. The Hall–Kier alpha value is -1.56. The smallest absolute Gasteiger partial charge is 0.264 e. The summed E-state index contributed by atoms with van der Waals surface area (Å²) in [5.74, 6) is -0.511. The lowest BCUT2D eigenvalue weighted by atomic mass is 10.2. The first-order valence-electron chi connectivity index (χ1n) is 5.81. The van der Waals surface area contributed by atoms with Crippen LogP contribution < -0.4 is 10.0 Å². The van der Waals surface area contributed by atoms with E-state index in [4.69, 9.17) is 0 Å².